The standard InChI is InChI=1S/C19H18ClN3O2/c20-16-9-11-21-18-17(16)15(12-23-18)8-4-5-10-22-19(24)25-13-14-6-2-1-3-7-14/h1-4,6-9,11-12H,5,10,13H2,(H,21,23)(H,22,24). The quantitative estimate of drug-likeness (QED) is 0.637. The van der Waals surface area contributed by atoms with E-state index in [1.807, 2.05) is 48.7 Å². The Balaban J connectivity index is 1.43. The zero-order valence-electron chi connectivity index (χ0n) is 13.5. The zero-order valence-corrected chi connectivity index (χ0v) is 14.3. The van der Waals surface area contributed by atoms with Gasteiger partial charge in [0.15, 0.2) is 0 Å². The van der Waals surface area contributed by atoms with E-state index in [-0.39, 0.29) is 6.61 Å². The highest BCUT2D eigenvalue weighted by Crippen LogP contribution is 2.25. The molecular formula is C19H18ClN3O2. The van der Waals surface area contributed by atoms with Gasteiger partial charge < -0.3 is 15.0 Å². The van der Waals surface area contributed by atoms with E-state index in [9.17, 15) is 4.79 Å². The first-order valence-electron chi connectivity index (χ1n) is 7.97. The van der Waals surface area contributed by atoms with Crippen LogP contribution in [0.4, 0.5) is 4.79 Å². The smallest absolute Gasteiger partial charge is 0.407 e. The maximum absolute atomic E-state index is 11.6. The van der Waals surface area contributed by atoms with Crippen molar-refractivity contribution in [3.8, 4) is 0 Å². The van der Waals surface area contributed by atoms with Crippen molar-refractivity contribution in [3.63, 3.8) is 0 Å². The molecule has 1 amide bonds. The van der Waals surface area contributed by atoms with Gasteiger partial charge in [0, 0.05) is 29.9 Å². The first kappa shape index (κ1) is 17.0. The van der Waals surface area contributed by atoms with Crippen molar-refractivity contribution in [2.24, 2.45) is 0 Å². The van der Waals surface area contributed by atoms with Crippen LogP contribution in [0.15, 0.2) is 54.9 Å². The van der Waals surface area contributed by atoms with Crippen LogP contribution in [0.5, 0.6) is 0 Å². The van der Waals surface area contributed by atoms with Gasteiger partial charge >= 0.3 is 6.09 Å². The summed E-state index contributed by atoms with van der Waals surface area (Å²) in [5.41, 5.74) is 2.69. The third-order valence-corrected chi connectivity index (χ3v) is 3.96. The summed E-state index contributed by atoms with van der Waals surface area (Å²) in [6, 6.07) is 11.3. The van der Waals surface area contributed by atoms with Crippen LogP contribution in [0.3, 0.4) is 0 Å². The number of pyridine rings is 1. The largest absolute Gasteiger partial charge is 0.445 e. The first-order chi connectivity index (χ1) is 12.2. The molecule has 6 heteroatoms. The lowest BCUT2D eigenvalue weighted by Gasteiger charge is -2.05. The van der Waals surface area contributed by atoms with Gasteiger partial charge in [-0.1, -0.05) is 54.1 Å². The van der Waals surface area contributed by atoms with E-state index in [1.54, 1.807) is 12.3 Å². The van der Waals surface area contributed by atoms with Gasteiger partial charge in [0.2, 0.25) is 0 Å². The SMILES string of the molecule is O=C(NCCC=Cc1c[nH]c2nccc(Cl)c12)OCc1ccccc1. The maximum atomic E-state index is 11.6. The maximum Gasteiger partial charge on any atom is 0.407 e. The molecule has 2 aromatic heterocycles. The molecule has 5 nitrogen and oxygen atoms in total. The fraction of sp³-hybridized carbons (Fsp3) is 0.158. The average Bonchev–Trinajstić information content (AvgIpc) is 3.05. The number of ether oxygens (including phenoxy) is 1. The Hall–Kier alpha value is -2.79. The highest BCUT2D eigenvalue weighted by Gasteiger charge is 2.05. The summed E-state index contributed by atoms with van der Waals surface area (Å²) in [5.74, 6) is 0. The molecule has 0 aliphatic rings. The number of rotatable bonds is 6. The molecule has 3 aromatic rings. The number of aromatic nitrogens is 2. The van der Waals surface area contributed by atoms with Crippen LogP contribution in [0.1, 0.15) is 17.5 Å². The monoisotopic (exact) mass is 355 g/mol. The molecule has 3 rings (SSSR count). The van der Waals surface area contributed by atoms with E-state index in [0.717, 1.165) is 22.2 Å². The van der Waals surface area contributed by atoms with Gasteiger partial charge in [0.1, 0.15) is 12.3 Å². The lowest BCUT2D eigenvalue weighted by atomic mass is 10.2. The topological polar surface area (TPSA) is 67.0 Å². The summed E-state index contributed by atoms with van der Waals surface area (Å²) in [5, 5.41) is 4.28. The minimum Gasteiger partial charge on any atom is -0.445 e. The molecule has 0 aliphatic carbocycles. The number of aromatic amines is 1. The van der Waals surface area contributed by atoms with E-state index >= 15 is 0 Å². The Kier molecular flexibility index (Phi) is 5.69. The Labute approximate surface area is 150 Å². The number of fused-ring (bicyclic) bond motifs is 1. The molecule has 128 valence electrons. The number of nitrogens with one attached hydrogen (secondary N) is 2. The number of halogens is 1. The van der Waals surface area contributed by atoms with E-state index < -0.39 is 6.09 Å². The summed E-state index contributed by atoms with van der Waals surface area (Å²) < 4.78 is 5.15. The molecule has 0 radical (unpaired) electrons. The number of alkyl carbamates (subject to hydrolysis) is 1. The van der Waals surface area contributed by atoms with Crippen molar-refractivity contribution < 1.29 is 9.53 Å². The number of hydrogen-bond donors (Lipinski definition) is 2. The first-order valence-corrected chi connectivity index (χ1v) is 8.34. The molecule has 2 heterocycles. The molecule has 25 heavy (non-hydrogen) atoms. The van der Waals surface area contributed by atoms with E-state index in [1.165, 1.54) is 0 Å². The van der Waals surface area contributed by atoms with Gasteiger partial charge in [0.25, 0.3) is 0 Å². The normalized spacial score (nSPS) is 11.1. The molecule has 0 bridgehead atoms. The van der Waals surface area contributed by atoms with E-state index in [0.29, 0.717) is 18.0 Å². The molecule has 0 atom stereocenters. The van der Waals surface area contributed by atoms with Gasteiger partial charge in [-0.05, 0) is 18.1 Å². The molecule has 0 aliphatic heterocycles. The fourth-order valence-corrected chi connectivity index (χ4v) is 2.67. The van der Waals surface area contributed by atoms with Crippen molar-refractivity contribution in [3.05, 3.63) is 71.0 Å². The second-order valence-corrected chi connectivity index (χ2v) is 5.85. The fourth-order valence-electron chi connectivity index (χ4n) is 2.41. The van der Waals surface area contributed by atoms with Crippen molar-refractivity contribution in [2.45, 2.75) is 13.0 Å². The third kappa shape index (κ3) is 4.61. The molecule has 0 unspecified atom stereocenters. The van der Waals surface area contributed by atoms with E-state index in [4.69, 9.17) is 16.3 Å². The molecular weight excluding hydrogens is 338 g/mol. The predicted molar refractivity (Wildman–Crippen MR) is 99.4 cm³/mol. The van der Waals surface area contributed by atoms with Crippen LogP contribution < -0.4 is 5.32 Å². The number of carbonyl (C=O) groups excluding carboxylic acids is 1. The van der Waals surface area contributed by atoms with Crippen molar-refractivity contribution in [2.75, 3.05) is 6.54 Å². The Morgan fingerprint density at radius 1 is 1.28 bits per heavy atom. The number of amides is 1. The Morgan fingerprint density at radius 2 is 2.12 bits per heavy atom. The van der Waals surface area contributed by atoms with Crippen LogP contribution in [-0.2, 0) is 11.3 Å². The lowest BCUT2D eigenvalue weighted by Crippen LogP contribution is -2.24. The van der Waals surface area contributed by atoms with Gasteiger partial charge in [-0.15, -0.1) is 0 Å². The number of carbonyl (C=O) groups is 1. The molecule has 2 N–H and O–H groups in total. The summed E-state index contributed by atoms with van der Waals surface area (Å²) in [4.78, 5) is 19.0. The number of benzene rings is 1. The van der Waals surface area contributed by atoms with Gasteiger partial charge in [-0.25, -0.2) is 9.78 Å². The summed E-state index contributed by atoms with van der Waals surface area (Å²) in [7, 11) is 0. The predicted octanol–water partition coefficient (Wildman–Crippen LogP) is 4.55. The minimum atomic E-state index is -0.420. The number of nitrogens with zero attached hydrogens (tertiary/aromatic N) is 1. The van der Waals surface area contributed by atoms with Gasteiger partial charge in [0.05, 0.1) is 5.02 Å². The average molecular weight is 356 g/mol. The van der Waals surface area contributed by atoms with Crippen LogP contribution in [0.25, 0.3) is 17.1 Å². The van der Waals surface area contributed by atoms with Crippen LogP contribution >= 0.6 is 11.6 Å². The number of H-pyrrole nitrogens is 1. The second kappa shape index (κ2) is 8.35. The van der Waals surface area contributed by atoms with Crippen molar-refractivity contribution in [1.82, 2.24) is 15.3 Å². The van der Waals surface area contributed by atoms with Crippen molar-refractivity contribution >= 4 is 34.8 Å². The summed E-state index contributed by atoms with van der Waals surface area (Å²) in [6.45, 7) is 0.766. The molecule has 0 spiro atoms. The second-order valence-electron chi connectivity index (χ2n) is 5.44. The minimum absolute atomic E-state index is 0.267. The molecule has 0 saturated carbocycles. The summed E-state index contributed by atoms with van der Waals surface area (Å²) in [6.07, 6.45) is 7.73. The highest BCUT2D eigenvalue weighted by molar-refractivity contribution is 6.35. The Morgan fingerprint density at radius 3 is 2.96 bits per heavy atom. The summed E-state index contributed by atoms with van der Waals surface area (Å²) >= 11 is 6.20. The number of hydrogen-bond acceptors (Lipinski definition) is 3. The molecule has 0 saturated heterocycles. The van der Waals surface area contributed by atoms with Gasteiger partial charge in [-0.2, -0.15) is 0 Å². The van der Waals surface area contributed by atoms with Crippen LogP contribution in [-0.4, -0.2) is 22.6 Å². The van der Waals surface area contributed by atoms with Gasteiger partial charge in [-0.3, -0.25) is 0 Å². The molecule has 0 fully saturated rings. The van der Waals surface area contributed by atoms with Crippen LogP contribution in [0, 0.1) is 0 Å². The van der Waals surface area contributed by atoms with E-state index in [2.05, 4.69) is 15.3 Å². The third-order valence-electron chi connectivity index (χ3n) is 3.64. The van der Waals surface area contributed by atoms with Crippen LogP contribution in [0.2, 0.25) is 5.02 Å². The van der Waals surface area contributed by atoms with Crippen molar-refractivity contribution in [1.29, 1.82) is 0 Å². The Bertz CT molecular complexity index is 875. The molecule has 1 aromatic carbocycles. The zero-order chi connectivity index (χ0) is 17.5. The highest BCUT2D eigenvalue weighted by atomic mass is 35.5. The lowest BCUT2D eigenvalue weighted by molar-refractivity contribution is 0.140.